The van der Waals surface area contributed by atoms with Gasteiger partial charge in [0.2, 0.25) is 0 Å². The Kier molecular flexibility index (Phi) is 14.0. The molecule has 0 atom stereocenters. The van der Waals surface area contributed by atoms with Gasteiger partial charge in [0.15, 0.2) is 0 Å². The largest absolute Gasteiger partial charge is 0.509 e. The molecule has 0 saturated carbocycles. The van der Waals surface area contributed by atoms with Gasteiger partial charge in [-0.15, -0.1) is 53.6 Å². The fraction of sp³-hybridized carbons (Fsp3) is 0.239. The predicted octanol–water partition coefficient (Wildman–Crippen LogP) is 19.0. The van der Waals surface area contributed by atoms with Crippen molar-refractivity contribution in [1.82, 2.24) is 9.55 Å². The van der Waals surface area contributed by atoms with Gasteiger partial charge in [-0.2, -0.15) is 6.07 Å². The number of aromatic nitrogens is 2. The molecule has 0 radical (unpaired) electrons. The van der Waals surface area contributed by atoms with Gasteiger partial charge in [0, 0.05) is 72.2 Å². The van der Waals surface area contributed by atoms with Crippen LogP contribution in [0.25, 0.3) is 38.8 Å². The predicted molar refractivity (Wildman–Crippen MR) is 318 cm³/mol. The van der Waals surface area contributed by atoms with E-state index in [4.69, 9.17) is 9.72 Å². The van der Waals surface area contributed by atoms with Crippen molar-refractivity contribution in [2.24, 2.45) is 0 Å². The molecule has 6 heteroatoms. The van der Waals surface area contributed by atoms with Gasteiger partial charge in [0.05, 0.1) is 0 Å². The molecule has 392 valence electrons. The molecule has 11 rings (SSSR count). The first-order chi connectivity index (χ1) is 36.2. The molecule has 2 aromatic heterocycles. The van der Waals surface area contributed by atoms with Gasteiger partial charge in [-0.25, -0.2) is 4.98 Å². The average molecular weight is 1190 g/mol. The van der Waals surface area contributed by atoms with E-state index in [0.717, 1.165) is 61.5 Å². The second-order valence-corrected chi connectivity index (χ2v) is 24.2. The van der Waals surface area contributed by atoms with Crippen LogP contribution in [0.2, 0.25) is 0 Å². The Morgan fingerprint density at radius 2 is 1.09 bits per heavy atom. The zero-order valence-electron chi connectivity index (χ0n) is 46.6. The van der Waals surface area contributed by atoms with Crippen molar-refractivity contribution in [3.8, 4) is 28.4 Å². The van der Waals surface area contributed by atoms with Gasteiger partial charge >= 0.3 is 0 Å². The summed E-state index contributed by atoms with van der Waals surface area (Å²) >= 11 is 0. The van der Waals surface area contributed by atoms with Gasteiger partial charge in [-0.3, -0.25) is 0 Å². The number of rotatable bonds is 11. The third-order valence-corrected chi connectivity index (χ3v) is 15.8. The summed E-state index contributed by atoms with van der Waals surface area (Å²) < 4.78 is 9.23. The van der Waals surface area contributed by atoms with Crippen LogP contribution in [0, 0.1) is 18.8 Å². The van der Waals surface area contributed by atoms with Crippen LogP contribution in [0.15, 0.2) is 188 Å². The minimum Gasteiger partial charge on any atom is -0.509 e. The fourth-order valence-corrected chi connectivity index (χ4v) is 10.8. The van der Waals surface area contributed by atoms with Crippen molar-refractivity contribution in [3.63, 3.8) is 0 Å². The van der Waals surface area contributed by atoms with Crippen LogP contribution in [0.3, 0.4) is 0 Å². The summed E-state index contributed by atoms with van der Waals surface area (Å²) in [4.78, 5) is 9.67. The molecule has 0 N–H and O–H groups in total. The first-order valence-corrected chi connectivity index (χ1v) is 26.9. The quantitative estimate of drug-likeness (QED) is 0.121. The number of fused-ring (bicyclic) bond motifs is 4. The number of ether oxygens (including phenoxy) is 1. The van der Waals surface area contributed by atoms with Crippen molar-refractivity contribution >= 4 is 44.6 Å². The van der Waals surface area contributed by atoms with E-state index in [1.807, 2.05) is 12.3 Å². The van der Waals surface area contributed by atoms with Crippen LogP contribution in [0.1, 0.15) is 128 Å². The first-order valence-electron chi connectivity index (χ1n) is 26.9. The third kappa shape index (κ3) is 10.2. The molecule has 8 aromatic carbocycles. The molecular formula is C71H69N4OPt-3. The molecule has 0 unspecified atom stereocenters. The SMILES string of the molecule is CC(C)c1cc(Oc2[c-]c3c(cc2)c2cc(-c4ccccc4)ccc2n3-c2cc(C(C)(C)C)ccn2)[c-]c(N2[CH-]N(c3cc(C(C)(C)c4ccccc4)cc(C(C)(C)c4ccccc4)c3)c3cc(C(C)(C)C)ccc32)c1.[Pt]. The molecule has 0 amide bonds. The molecular weight excluding hydrogens is 1120 g/mol. The summed E-state index contributed by atoms with van der Waals surface area (Å²) in [6, 6.07) is 73.7. The molecule has 10 aromatic rings. The van der Waals surface area contributed by atoms with Crippen molar-refractivity contribution < 1.29 is 25.8 Å². The maximum Gasteiger partial charge on any atom is 0.135 e. The zero-order valence-corrected chi connectivity index (χ0v) is 48.8. The van der Waals surface area contributed by atoms with E-state index in [1.54, 1.807) is 0 Å². The van der Waals surface area contributed by atoms with Gasteiger partial charge in [0.25, 0.3) is 0 Å². The van der Waals surface area contributed by atoms with E-state index in [0.29, 0.717) is 11.5 Å². The summed E-state index contributed by atoms with van der Waals surface area (Å²) in [7, 11) is 0. The molecule has 0 bridgehead atoms. The number of pyridine rings is 1. The summed E-state index contributed by atoms with van der Waals surface area (Å²) in [5.41, 5.74) is 16.4. The van der Waals surface area contributed by atoms with Crippen LogP contribution in [-0.4, -0.2) is 9.55 Å². The molecule has 3 heterocycles. The molecule has 1 aliphatic rings. The van der Waals surface area contributed by atoms with Crippen LogP contribution in [0.4, 0.5) is 22.7 Å². The fourth-order valence-electron chi connectivity index (χ4n) is 10.8. The first kappa shape index (κ1) is 53.2. The van der Waals surface area contributed by atoms with E-state index in [-0.39, 0.29) is 48.6 Å². The smallest absolute Gasteiger partial charge is 0.135 e. The molecule has 0 fully saturated rings. The molecule has 0 spiro atoms. The zero-order chi connectivity index (χ0) is 53.3. The van der Waals surface area contributed by atoms with Crippen molar-refractivity contribution in [3.05, 3.63) is 246 Å². The van der Waals surface area contributed by atoms with Gasteiger partial charge in [0.1, 0.15) is 5.82 Å². The van der Waals surface area contributed by atoms with E-state index in [2.05, 4.69) is 292 Å². The van der Waals surface area contributed by atoms with Crippen molar-refractivity contribution in [1.29, 1.82) is 0 Å². The molecule has 1 aliphatic heterocycles. The molecule has 5 nitrogen and oxygen atoms in total. The van der Waals surface area contributed by atoms with E-state index >= 15 is 0 Å². The average Bonchev–Trinajstić information content (AvgIpc) is 4.02. The Bertz CT molecular complexity index is 3700. The summed E-state index contributed by atoms with van der Waals surface area (Å²) in [5.74, 6) is 2.28. The van der Waals surface area contributed by atoms with Crippen molar-refractivity contribution in [2.45, 2.75) is 111 Å². The number of nitrogens with zero attached hydrogens (tertiary/aromatic N) is 4. The topological polar surface area (TPSA) is 33.5 Å². The minimum absolute atomic E-state index is 0. The Hall–Kier alpha value is -7.20. The van der Waals surface area contributed by atoms with Crippen molar-refractivity contribution in [2.75, 3.05) is 9.80 Å². The number of hydrogen-bond donors (Lipinski definition) is 0. The van der Waals surface area contributed by atoms with Crippen LogP contribution >= 0.6 is 0 Å². The second-order valence-electron chi connectivity index (χ2n) is 24.2. The standard InChI is InChI=1S/C71H69N4O.Pt/c1-47(2)50-36-57(44-60(37-50)76-59-30-31-61-62-38-49(48-22-16-13-17-23-48)28-32-63(62)75(65(61)45-59)67-43-54(34-35-72-67)69(6,7)8)73-46-74(66-42-53(68(3,4)5)29-33-64(66)73)58-40-55(70(9,10)51-24-18-14-19-25-51)39-56(41-58)71(11,12)52-26-20-15-21-27-52;/h13-43,46-47H,1-12H3;/q-3;. The molecule has 0 aliphatic carbocycles. The van der Waals surface area contributed by atoms with Gasteiger partial charge in [-0.05, 0) is 109 Å². The van der Waals surface area contributed by atoms with E-state index in [1.165, 1.54) is 38.9 Å². The van der Waals surface area contributed by atoms with Crippen LogP contribution < -0.4 is 14.5 Å². The third-order valence-electron chi connectivity index (χ3n) is 15.8. The number of hydrogen-bond acceptors (Lipinski definition) is 4. The number of benzene rings is 8. The van der Waals surface area contributed by atoms with E-state index in [9.17, 15) is 0 Å². The Balaban J connectivity index is 0.00000672. The molecule has 77 heavy (non-hydrogen) atoms. The maximum absolute atomic E-state index is 6.99. The summed E-state index contributed by atoms with van der Waals surface area (Å²) in [5, 5.41) is 2.21. The Labute approximate surface area is 471 Å². The van der Waals surface area contributed by atoms with Crippen LogP contribution in [-0.2, 0) is 42.7 Å². The van der Waals surface area contributed by atoms with Crippen LogP contribution in [0.5, 0.6) is 11.5 Å². The monoisotopic (exact) mass is 1190 g/mol. The Morgan fingerprint density at radius 3 is 1.70 bits per heavy atom. The van der Waals surface area contributed by atoms with E-state index < -0.39 is 0 Å². The molecule has 0 saturated heterocycles. The Morgan fingerprint density at radius 1 is 0.481 bits per heavy atom. The maximum atomic E-state index is 6.99. The van der Waals surface area contributed by atoms with Gasteiger partial charge in [-0.1, -0.05) is 204 Å². The minimum atomic E-state index is -0.285. The summed E-state index contributed by atoms with van der Waals surface area (Å²) in [6.45, 7) is 29.7. The summed E-state index contributed by atoms with van der Waals surface area (Å²) in [6.07, 6.45) is 1.92. The number of anilines is 4. The second kappa shape index (κ2) is 20.3. The van der Waals surface area contributed by atoms with Gasteiger partial charge < -0.3 is 19.1 Å². The normalized spacial score (nSPS) is 13.1.